The molecule has 1 fully saturated rings. The molecule has 0 amide bonds. The van der Waals surface area contributed by atoms with Gasteiger partial charge in [0.2, 0.25) is 0 Å². The first-order valence-electron chi connectivity index (χ1n) is 8.85. The van der Waals surface area contributed by atoms with Gasteiger partial charge in [0.15, 0.2) is 0 Å². The van der Waals surface area contributed by atoms with Crippen molar-refractivity contribution in [2.75, 3.05) is 33.3 Å². The van der Waals surface area contributed by atoms with E-state index in [4.69, 9.17) is 4.74 Å². The Hall–Kier alpha value is -0.870. The molecule has 1 aliphatic heterocycles. The summed E-state index contributed by atoms with van der Waals surface area (Å²) in [6.45, 7) is 10.0. The Morgan fingerprint density at radius 1 is 1.25 bits per heavy atom. The highest BCUT2D eigenvalue weighted by molar-refractivity contribution is 7.63. The number of piperidine rings is 1. The molecule has 1 saturated heterocycles. The maximum absolute atomic E-state index is 13.4. The molecule has 1 N–H and O–H groups in total. The van der Waals surface area contributed by atoms with Crippen LogP contribution in [0.2, 0.25) is 0 Å². The van der Waals surface area contributed by atoms with Crippen LogP contribution >= 0.6 is 7.52 Å². The number of ether oxygens (including phenoxy) is 1. The van der Waals surface area contributed by atoms with Crippen molar-refractivity contribution in [1.29, 1.82) is 0 Å². The lowest BCUT2D eigenvalue weighted by molar-refractivity contribution is 0.0857. The summed E-state index contributed by atoms with van der Waals surface area (Å²) in [5.41, 5.74) is -0.244. The standard InChI is InChI=1S/C18H31N2O3P/c1-5-13-20(18(3)11-14-19(6-2)15-12-18)24(21,22)17-9-7-16(23-4)8-10-17/h7-10H,5-6,11-15H2,1-4H3,(H,21,22). The number of rotatable bonds is 7. The fourth-order valence-corrected chi connectivity index (χ4v) is 5.61. The Bertz CT molecular complexity index is 568. The van der Waals surface area contributed by atoms with E-state index in [1.54, 1.807) is 31.4 Å². The third-order valence-electron chi connectivity index (χ3n) is 5.17. The molecule has 0 aromatic heterocycles. The number of nitrogens with zero attached hydrogens (tertiary/aromatic N) is 2. The van der Waals surface area contributed by atoms with Crippen LogP contribution in [0.3, 0.4) is 0 Å². The summed E-state index contributed by atoms with van der Waals surface area (Å²) in [5.74, 6) is 0.697. The van der Waals surface area contributed by atoms with Crippen molar-refractivity contribution in [3.8, 4) is 5.75 Å². The minimum atomic E-state index is -3.60. The van der Waals surface area contributed by atoms with E-state index >= 15 is 0 Å². The Kier molecular flexibility index (Phi) is 6.49. The molecule has 24 heavy (non-hydrogen) atoms. The van der Waals surface area contributed by atoms with E-state index in [0.29, 0.717) is 17.6 Å². The quantitative estimate of drug-likeness (QED) is 0.763. The van der Waals surface area contributed by atoms with Crippen molar-refractivity contribution in [2.24, 2.45) is 0 Å². The SMILES string of the molecule is CCCN(C1(C)CCN(CC)CC1)P(=O)(O)c1ccc(OC)cc1. The van der Waals surface area contributed by atoms with Crippen LogP contribution in [0.1, 0.15) is 40.0 Å². The minimum absolute atomic E-state index is 0.244. The van der Waals surface area contributed by atoms with Gasteiger partial charge >= 0.3 is 0 Å². The first kappa shape index (κ1) is 19.5. The highest BCUT2D eigenvalue weighted by atomic mass is 31.2. The molecular formula is C18H31N2O3P. The average Bonchev–Trinajstić information content (AvgIpc) is 2.60. The molecule has 1 aromatic rings. The molecule has 1 aromatic carbocycles. The molecule has 0 saturated carbocycles. The van der Waals surface area contributed by atoms with Gasteiger partial charge in [-0.1, -0.05) is 13.8 Å². The summed E-state index contributed by atoms with van der Waals surface area (Å²) in [6, 6.07) is 6.94. The third-order valence-corrected chi connectivity index (χ3v) is 7.48. The number of hydrogen-bond donors (Lipinski definition) is 1. The van der Waals surface area contributed by atoms with E-state index in [1.807, 2.05) is 4.67 Å². The van der Waals surface area contributed by atoms with Gasteiger partial charge in [-0.25, -0.2) is 4.67 Å². The molecule has 6 heteroatoms. The smallest absolute Gasteiger partial charge is 0.300 e. The number of methoxy groups -OCH3 is 1. The van der Waals surface area contributed by atoms with Crippen LogP contribution in [0.5, 0.6) is 5.75 Å². The van der Waals surface area contributed by atoms with Crippen molar-refractivity contribution in [3.05, 3.63) is 24.3 Å². The van der Waals surface area contributed by atoms with E-state index in [-0.39, 0.29) is 5.54 Å². The summed E-state index contributed by atoms with van der Waals surface area (Å²) in [5, 5.41) is 0.482. The van der Waals surface area contributed by atoms with Crippen molar-refractivity contribution < 1.29 is 14.2 Å². The normalized spacial score (nSPS) is 20.8. The average molecular weight is 354 g/mol. The lowest BCUT2D eigenvalue weighted by atomic mass is 9.89. The van der Waals surface area contributed by atoms with Crippen LogP contribution in [0.25, 0.3) is 0 Å². The van der Waals surface area contributed by atoms with Gasteiger partial charge in [-0.3, -0.25) is 4.57 Å². The molecule has 1 heterocycles. The van der Waals surface area contributed by atoms with Crippen molar-refractivity contribution in [2.45, 2.75) is 45.6 Å². The Morgan fingerprint density at radius 2 is 1.83 bits per heavy atom. The van der Waals surface area contributed by atoms with E-state index in [0.717, 1.165) is 38.9 Å². The van der Waals surface area contributed by atoms with Crippen molar-refractivity contribution in [3.63, 3.8) is 0 Å². The van der Waals surface area contributed by atoms with Crippen LogP contribution in [0, 0.1) is 0 Å². The van der Waals surface area contributed by atoms with Gasteiger partial charge in [-0.2, -0.15) is 0 Å². The van der Waals surface area contributed by atoms with E-state index < -0.39 is 7.52 Å². The van der Waals surface area contributed by atoms with Gasteiger partial charge in [0.25, 0.3) is 7.52 Å². The molecule has 2 rings (SSSR count). The lowest BCUT2D eigenvalue weighted by Crippen LogP contribution is -2.53. The van der Waals surface area contributed by atoms with E-state index in [2.05, 4.69) is 25.7 Å². The molecule has 1 atom stereocenters. The summed E-state index contributed by atoms with van der Waals surface area (Å²) >= 11 is 0. The van der Waals surface area contributed by atoms with Gasteiger partial charge in [0.1, 0.15) is 5.75 Å². The van der Waals surface area contributed by atoms with Gasteiger partial charge in [-0.15, -0.1) is 0 Å². The maximum atomic E-state index is 13.4. The van der Waals surface area contributed by atoms with Crippen LogP contribution in [-0.2, 0) is 4.57 Å². The second-order valence-electron chi connectivity index (χ2n) is 6.80. The minimum Gasteiger partial charge on any atom is -0.497 e. The fourth-order valence-electron chi connectivity index (χ4n) is 3.47. The highest BCUT2D eigenvalue weighted by Gasteiger charge is 2.44. The van der Waals surface area contributed by atoms with Crippen LogP contribution in [0.4, 0.5) is 0 Å². The number of likely N-dealkylation sites (tertiary alicyclic amines) is 1. The zero-order valence-corrected chi connectivity index (χ0v) is 16.3. The predicted molar refractivity (Wildman–Crippen MR) is 99.2 cm³/mol. The molecule has 0 bridgehead atoms. The second kappa shape index (κ2) is 8.01. The molecule has 5 nitrogen and oxygen atoms in total. The van der Waals surface area contributed by atoms with Crippen LogP contribution < -0.4 is 10.0 Å². The van der Waals surface area contributed by atoms with Gasteiger partial charge in [0, 0.05) is 12.1 Å². The Morgan fingerprint density at radius 3 is 2.29 bits per heavy atom. The Balaban J connectivity index is 2.29. The van der Waals surface area contributed by atoms with Crippen molar-refractivity contribution in [1.82, 2.24) is 9.57 Å². The summed E-state index contributed by atoms with van der Waals surface area (Å²) in [4.78, 5) is 13.4. The zero-order valence-electron chi connectivity index (χ0n) is 15.4. The number of benzene rings is 1. The highest BCUT2D eigenvalue weighted by Crippen LogP contribution is 2.51. The van der Waals surface area contributed by atoms with Gasteiger partial charge < -0.3 is 14.5 Å². The predicted octanol–water partition coefficient (Wildman–Crippen LogP) is 3.09. The molecule has 136 valence electrons. The maximum Gasteiger partial charge on any atom is 0.300 e. The second-order valence-corrected chi connectivity index (χ2v) is 8.88. The summed E-state index contributed by atoms with van der Waals surface area (Å²) < 4.78 is 20.4. The monoisotopic (exact) mass is 354 g/mol. The molecule has 0 spiro atoms. The summed E-state index contributed by atoms with van der Waals surface area (Å²) in [6.07, 6.45) is 2.69. The molecule has 0 aliphatic carbocycles. The first-order chi connectivity index (χ1) is 11.4. The molecule has 1 unspecified atom stereocenters. The van der Waals surface area contributed by atoms with Gasteiger partial charge in [0.05, 0.1) is 12.4 Å². The fraction of sp³-hybridized carbons (Fsp3) is 0.667. The van der Waals surface area contributed by atoms with Crippen molar-refractivity contribution >= 4 is 12.8 Å². The van der Waals surface area contributed by atoms with E-state index in [9.17, 15) is 9.46 Å². The third kappa shape index (κ3) is 4.02. The van der Waals surface area contributed by atoms with Crippen LogP contribution in [-0.4, -0.2) is 53.3 Å². The zero-order chi connectivity index (χ0) is 17.8. The first-order valence-corrected chi connectivity index (χ1v) is 10.5. The topological polar surface area (TPSA) is 53.0 Å². The van der Waals surface area contributed by atoms with Crippen LogP contribution in [0.15, 0.2) is 24.3 Å². The molecular weight excluding hydrogens is 323 g/mol. The lowest BCUT2D eigenvalue weighted by Gasteiger charge is -2.47. The Labute approximate surface area is 146 Å². The van der Waals surface area contributed by atoms with E-state index in [1.165, 1.54) is 0 Å². The molecule has 0 radical (unpaired) electrons. The largest absolute Gasteiger partial charge is 0.497 e. The summed E-state index contributed by atoms with van der Waals surface area (Å²) in [7, 11) is -2.01. The molecule has 1 aliphatic rings. The number of hydrogen-bond acceptors (Lipinski definition) is 3. The van der Waals surface area contributed by atoms with Gasteiger partial charge in [-0.05, 0) is 70.1 Å².